The first-order valence-electron chi connectivity index (χ1n) is 8.74. The summed E-state index contributed by atoms with van der Waals surface area (Å²) in [7, 11) is -2.91. The maximum Gasteiger partial charge on any atom is 0.223 e. The van der Waals surface area contributed by atoms with Crippen molar-refractivity contribution in [1.29, 1.82) is 0 Å². The van der Waals surface area contributed by atoms with E-state index in [1.807, 2.05) is 4.90 Å². The molecular formula is C19H27NO3S. The van der Waals surface area contributed by atoms with Gasteiger partial charge in [0.15, 0.2) is 9.84 Å². The van der Waals surface area contributed by atoms with E-state index < -0.39 is 9.84 Å². The molecule has 0 N–H and O–H groups in total. The molecule has 0 saturated carbocycles. The third kappa shape index (κ3) is 3.82. The van der Waals surface area contributed by atoms with Gasteiger partial charge in [-0.05, 0) is 40.9 Å². The number of hydrogen-bond acceptors (Lipinski definition) is 3. The van der Waals surface area contributed by atoms with Crippen molar-refractivity contribution in [3.8, 4) is 0 Å². The van der Waals surface area contributed by atoms with Gasteiger partial charge < -0.3 is 4.90 Å². The van der Waals surface area contributed by atoms with Gasteiger partial charge in [0.25, 0.3) is 0 Å². The maximum atomic E-state index is 12.6. The number of carbonyl (C=O) groups is 1. The highest BCUT2D eigenvalue weighted by molar-refractivity contribution is 7.91. The summed E-state index contributed by atoms with van der Waals surface area (Å²) in [6.07, 6.45) is 1.88. The molecule has 2 heterocycles. The van der Waals surface area contributed by atoms with Crippen LogP contribution in [0.5, 0.6) is 0 Å². The largest absolute Gasteiger partial charge is 0.338 e. The molecule has 0 spiro atoms. The van der Waals surface area contributed by atoms with Crippen LogP contribution in [0.4, 0.5) is 0 Å². The van der Waals surface area contributed by atoms with Gasteiger partial charge in [-0.3, -0.25) is 4.79 Å². The molecule has 1 amide bonds. The lowest BCUT2D eigenvalue weighted by Gasteiger charge is -2.31. The minimum Gasteiger partial charge on any atom is -0.338 e. The van der Waals surface area contributed by atoms with Gasteiger partial charge in [0.1, 0.15) is 0 Å². The lowest BCUT2D eigenvalue weighted by Crippen LogP contribution is -2.37. The first-order valence-corrected chi connectivity index (χ1v) is 10.6. The van der Waals surface area contributed by atoms with Gasteiger partial charge in [-0.1, -0.05) is 39.0 Å². The van der Waals surface area contributed by atoms with E-state index in [0.29, 0.717) is 19.4 Å². The van der Waals surface area contributed by atoms with E-state index >= 15 is 0 Å². The molecule has 0 bridgehead atoms. The standard InChI is InChI=1S/C19H27NO3S/c1-19(2,3)17-5-4-15-6-8-20(12-16(15)11-17)18(21)10-14-7-9-24(22,23)13-14/h4-5,11,14H,6-10,12-13H2,1-3H3. The van der Waals surface area contributed by atoms with Crippen molar-refractivity contribution in [2.75, 3.05) is 18.1 Å². The molecule has 5 heteroatoms. The van der Waals surface area contributed by atoms with Crippen molar-refractivity contribution in [3.05, 3.63) is 34.9 Å². The predicted octanol–water partition coefficient (Wildman–Crippen LogP) is 2.69. The highest BCUT2D eigenvalue weighted by Gasteiger charge is 2.31. The van der Waals surface area contributed by atoms with E-state index in [1.54, 1.807) is 0 Å². The maximum absolute atomic E-state index is 12.6. The van der Waals surface area contributed by atoms with Gasteiger partial charge in [0.2, 0.25) is 5.91 Å². The average Bonchev–Trinajstić information content (AvgIpc) is 2.84. The van der Waals surface area contributed by atoms with Gasteiger partial charge in [-0.2, -0.15) is 0 Å². The molecule has 0 radical (unpaired) electrons. The summed E-state index contributed by atoms with van der Waals surface area (Å²) in [6, 6.07) is 6.62. The highest BCUT2D eigenvalue weighted by Crippen LogP contribution is 2.29. The predicted molar refractivity (Wildman–Crippen MR) is 95.6 cm³/mol. The fourth-order valence-corrected chi connectivity index (χ4v) is 5.51. The lowest BCUT2D eigenvalue weighted by atomic mass is 9.84. The Morgan fingerprint density at radius 3 is 2.62 bits per heavy atom. The SMILES string of the molecule is CC(C)(C)c1ccc2c(c1)CN(C(=O)CC1CCS(=O)(=O)C1)CC2. The van der Waals surface area contributed by atoms with Crippen LogP contribution >= 0.6 is 0 Å². The minimum atomic E-state index is -2.91. The van der Waals surface area contributed by atoms with Crippen LogP contribution in [0.3, 0.4) is 0 Å². The number of sulfone groups is 1. The Bertz CT molecular complexity index is 746. The van der Waals surface area contributed by atoms with Gasteiger partial charge in [-0.15, -0.1) is 0 Å². The molecule has 1 saturated heterocycles. The van der Waals surface area contributed by atoms with E-state index in [0.717, 1.165) is 13.0 Å². The number of hydrogen-bond donors (Lipinski definition) is 0. The van der Waals surface area contributed by atoms with Crippen LogP contribution < -0.4 is 0 Å². The Morgan fingerprint density at radius 1 is 1.25 bits per heavy atom. The van der Waals surface area contributed by atoms with Crippen LogP contribution in [0, 0.1) is 5.92 Å². The Kier molecular flexibility index (Phi) is 4.49. The molecule has 2 aliphatic heterocycles. The number of rotatable bonds is 2. The van der Waals surface area contributed by atoms with Crippen LogP contribution in [0.1, 0.15) is 50.3 Å². The van der Waals surface area contributed by atoms with Crippen molar-refractivity contribution < 1.29 is 13.2 Å². The monoisotopic (exact) mass is 349 g/mol. The molecule has 3 rings (SSSR count). The number of nitrogens with zero attached hydrogens (tertiary/aromatic N) is 1. The molecule has 1 aromatic rings. The molecule has 1 atom stereocenters. The highest BCUT2D eigenvalue weighted by atomic mass is 32.2. The summed E-state index contributed by atoms with van der Waals surface area (Å²) in [6.45, 7) is 7.97. The summed E-state index contributed by atoms with van der Waals surface area (Å²) in [5, 5.41) is 0. The molecule has 1 fully saturated rings. The Morgan fingerprint density at radius 2 is 2.00 bits per heavy atom. The van der Waals surface area contributed by atoms with E-state index in [2.05, 4.69) is 39.0 Å². The average molecular weight is 349 g/mol. The number of amides is 1. The third-order valence-corrected chi connectivity index (χ3v) is 7.06. The summed E-state index contributed by atoms with van der Waals surface area (Å²) in [5.41, 5.74) is 3.95. The fourth-order valence-electron chi connectivity index (χ4n) is 3.65. The van der Waals surface area contributed by atoms with Crippen LogP contribution in [-0.2, 0) is 33.0 Å². The quantitative estimate of drug-likeness (QED) is 0.825. The molecule has 0 aromatic heterocycles. The fraction of sp³-hybridized carbons (Fsp3) is 0.632. The first-order chi connectivity index (χ1) is 11.1. The summed E-state index contributed by atoms with van der Waals surface area (Å²) in [4.78, 5) is 14.5. The molecule has 2 aliphatic rings. The van der Waals surface area contributed by atoms with Crippen molar-refractivity contribution in [3.63, 3.8) is 0 Å². The second kappa shape index (κ2) is 6.17. The van der Waals surface area contributed by atoms with Gasteiger partial charge in [0.05, 0.1) is 11.5 Å². The Labute approximate surface area is 145 Å². The molecule has 1 aromatic carbocycles. The Balaban J connectivity index is 1.69. The number of carbonyl (C=O) groups excluding carboxylic acids is 1. The first kappa shape index (κ1) is 17.5. The van der Waals surface area contributed by atoms with Crippen LogP contribution in [0.15, 0.2) is 18.2 Å². The van der Waals surface area contributed by atoms with Crippen LogP contribution in [-0.4, -0.2) is 37.3 Å². The smallest absolute Gasteiger partial charge is 0.223 e. The zero-order chi connectivity index (χ0) is 17.5. The zero-order valence-electron chi connectivity index (χ0n) is 14.8. The van der Waals surface area contributed by atoms with Gasteiger partial charge in [0, 0.05) is 19.5 Å². The van der Waals surface area contributed by atoms with Crippen molar-refractivity contribution >= 4 is 15.7 Å². The molecule has 24 heavy (non-hydrogen) atoms. The van der Waals surface area contributed by atoms with Crippen LogP contribution in [0.25, 0.3) is 0 Å². The second-order valence-electron chi connectivity index (χ2n) is 8.27. The normalized spacial score (nSPS) is 23.1. The van der Waals surface area contributed by atoms with E-state index in [-0.39, 0.29) is 28.7 Å². The number of benzene rings is 1. The topological polar surface area (TPSA) is 54.5 Å². The van der Waals surface area contributed by atoms with Crippen molar-refractivity contribution in [1.82, 2.24) is 4.90 Å². The summed E-state index contributed by atoms with van der Waals surface area (Å²) < 4.78 is 23.1. The lowest BCUT2D eigenvalue weighted by molar-refractivity contribution is -0.132. The van der Waals surface area contributed by atoms with Gasteiger partial charge in [-0.25, -0.2) is 8.42 Å². The molecule has 0 aliphatic carbocycles. The van der Waals surface area contributed by atoms with Crippen LogP contribution in [0.2, 0.25) is 0 Å². The van der Waals surface area contributed by atoms with Gasteiger partial charge >= 0.3 is 0 Å². The number of fused-ring (bicyclic) bond motifs is 1. The zero-order valence-corrected chi connectivity index (χ0v) is 15.7. The van der Waals surface area contributed by atoms with E-state index in [9.17, 15) is 13.2 Å². The molecular weight excluding hydrogens is 322 g/mol. The van der Waals surface area contributed by atoms with Crippen molar-refractivity contribution in [2.24, 2.45) is 5.92 Å². The summed E-state index contributed by atoms with van der Waals surface area (Å²) >= 11 is 0. The summed E-state index contributed by atoms with van der Waals surface area (Å²) in [5.74, 6) is 0.522. The Hall–Kier alpha value is -1.36. The second-order valence-corrected chi connectivity index (χ2v) is 10.5. The third-order valence-electron chi connectivity index (χ3n) is 5.23. The molecule has 4 nitrogen and oxygen atoms in total. The van der Waals surface area contributed by atoms with E-state index in [1.165, 1.54) is 16.7 Å². The molecule has 132 valence electrons. The minimum absolute atomic E-state index is 0.00445. The van der Waals surface area contributed by atoms with Crippen molar-refractivity contribution in [2.45, 2.75) is 52.0 Å². The van der Waals surface area contributed by atoms with E-state index in [4.69, 9.17) is 0 Å². The molecule has 1 unspecified atom stereocenters.